The SMILES string of the molecule is CCC(C)(C(=O)O)n1nnnc1Cc1ccc(C)cc1. The maximum atomic E-state index is 11.5. The second-order valence-corrected chi connectivity index (χ2v) is 5.10. The molecule has 106 valence electrons. The second kappa shape index (κ2) is 5.40. The van der Waals surface area contributed by atoms with Crippen LogP contribution in [-0.4, -0.2) is 31.3 Å². The Morgan fingerprint density at radius 3 is 2.55 bits per heavy atom. The monoisotopic (exact) mass is 274 g/mol. The zero-order chi connectivity index (χ0) is 14.8. The zero-order valence-electron chi connectivity index (χ0n) is 11.9. The molecule has 1 aromatic carbocycles. The Morgan fingerprint density at radius 1 is 1.35 bits per heavy atom. The molecule has 0 saturated heterocycles. The van der Waals surface area contributed by atoms with E-state index in [0.717, 1.165) is 5.56 Å². The third-order valence-corrected chi connectivity index (χ3v) is 3.63. The van der Waals surface area contributed by atoms with Crippen molar-refractivity contribution in [2.45, 2.75) is 39.2 Å². The lowest BCUT2D eigenvalue weighted by Gasteiger charge is -2.24. The van der Waals surface area contributed by atoms with Gasteiger partial charge in [0.2, 0.25) is 0 Å². The standard InChI is InChI=1S/C14H18N4O2/c1-4-14(3,13(19)20)18-12(15-16-17-18)9-11-7-5-10(2)6-8-11/h5-8H,4,9H2,1-3H3,(H,19,20). The van der Waals surface area contributed by atoms with Gasteiger partial charge in [0.05, 0.1) is 0 Å². The number of rotatable bonds is 5. The summed E-state index contributed by atoms with van der Waals surface area (Å²) < 4.78 is 1.41. The number of carboxylic acid groups (broad SMARTS) is 1. The Balaban J connectivity index is 2.33. The summed E-state index contributed by atoms with van der Waals surface area (Å²) in [5.41, 5.74) is 1.11. The largest absolute Gasteiger partial charge is 0.479 e. The zero-order valence-corrected chi connectivity index (χ0v) is 11.9. The highest BCUT2D eigenvalue weighted by molar-refractivity contribution is 5.76. The van der Waals surface area contributed by atoms with Crippen LogP contribution in [0.4, 0.5) is 0 Å². The van der Waals surface area contributed by atoms with E-state index in [1.807, 2.05) is 38.1 Å². The maximum absolute atomic E-state index is 11.5. The molecule has 0 spiro atoms. The predicted octanol–water partition coefficient (Wildman–Crippen LogP) is 1.78. The summed E-state index contributed by atoms with van der Waals surface area (Å²) in [5.74, 6) is -0.377. The predicted molar refractivity (Wildman–Crippen MR) is 73.4 cm³/mol. The number of aromatic nitrogens is 4. The molecule has 0 fully saturated rings. The highest BCUT2D eigenvalue weighted by Gasteiger charge is 2.36. The summed E-state index contributed by atoms with van der Waals surface area (Å²) in [7, 11) is 0. The third kappa shape index (κ3) is 2.54. The molecule has 6 nitrogen and oxygen atoms in total. The lowest BCUT2D eigenvalue weighted by Crippen LogP contribution is -2.40. The average Bonchev–Trinajstić information content (AvgIpc) is 2.89. The second-order valence-electron chi connectivity index (χ2n) is 5.10. The first-order valence-electron chi connectivity index (χ1n) is 6.54. The van der Waals surface area contributed by atoms with Crippen LogP contribution in [0.1, 0.15) is 37.2 Å². The first-order valence-corrected chi connectivity index (χ1v) is 6.54. The van der Waals surface area contributed by atoms with Crippen LogP contribution < -0.4 is 0 Å². The molecule has 0 radical (unpaired) electrons. The van der Waals surface area contributed by atoms with Gasteiger partial charge in [-0.2, -0.15) is 0 Å². The summed E-state index contributed by atoms with van der Waals surface area (Å²) in [6.45, 7) is 5.46. The molecule has 2 aromatic rings. The Hall–Kier alpha value is -2.24. The molecule has 0 saturated carbocycles. The number of aliphatic carboxylic acids is 1. The van der Waals surface area contributed by atoms with Crippen LogP contribution in [0.25, 0.3) is 0 Å². The van der Waals surface area contributed by atoms with E-state index in [2.05, 4.69) is 15.5 Å². The van der Waals surface area contributed by atoms with Crippen LogP contribution in [0, 0.1) is 6.92 Å². The Morgan fingerprint density at radius 2 is 2.00 bits per heavy atom. The van der Waals surface area contributed by atoms with Gasteiger partial charge in [-0.3, -0.25) is 0 Å². The number of tetrazole rings is 1. The van der Waals surface area contributed by atoms with Crippen molar-refractivity contribution in [1.82, 2.24) is 20.2 Å². The molecule has 1 N–H and O–H groups in total. The number of benzene rings is 1. The van der Waals surface area contributed by atoms with Crippen LogP contribution >= 0.6 is 0 Å². The number of aryl methyl sites for hydroxylation is 1. The number of hydrogen-bond donors (Lipinski definition) is 1. The van der Waals surface area contributed by atoms with Crippen molar-refractivity contribution in [3.8, 4) is 0 Å². The van der Waals surface area contributed by atoms with E-state index in [0.29, 0.717) is 18.7 Å². The summed E-state index contributed by atoms with van der Waals surface area (Å²) in [6.07, 6.45) is 0.921. The highest BCUT2D eigenvalue weighted by Crippen LogP contribution is 2.21. The van der Waals surface area contributed by atoms with E-state index >= 15 is 0 Å². The van der Waals surface area contributed by atoms with Crippen molar-refractivity contribution < 1.29 is 9.90 Å². The van der Waals surface area contributed by atoms with Gasteiger partial charge in [0.15, 0.2) is 11.4 Å². The van der Waals surface area contributed by atoms with E-state index < -0.39 is 11.5 Å². The van der Waals surface area contributed by atoms with Gasteiger partial charge in [-0.1, -0.05) is 36.8 Å². The molecule has 1 aromatic heterocycles. The van der Waals surface area contributed by atoms with Crippen LogP contribution in [0.2, 0.25) is 0 Å². The van der Waals surface area contributed by atoms with Crippen LogP contribution in [0.5, 0.6) is 0 Å². The van der Waals surface area contributed by atoms with Crippen molar-refractivity contribution in [2.24, 2.45) is 0 Å². The topological polar surface area (TPSA) is 80.9 Å². The molecule has 0 aliphatic carbocycles. The number of hydrogen-bond acceptors (Lipinski definition) is 4. The molecule has 2 rings (SSSR count). The van der Waals surface area contributed by atoms with Crippen molar-refractivity contribution in [1.29, 1.82) is 0 Å². The van der Waals surface area contributed by atoms with Gasteiger partial charge in [0, 0.05) is 6.42 Å². The van der Waals surface area contributed by atoms with Crippen LogP contribution in [0.3, 0.4) is 0 Å². The fraction of sp³-hybridized carbons (Fsp3) is 0.429. The van der Waals surface area contributed by atoms with Gasteiger partial charge in [-0.15, -0.1) is 5.10 Å². The van der Waals surface area contributed by atoms with Gasteiger partial charge in [0.25, 0.3) is 0 Å². The molecule has 0 amide bonds. The number of carboxylic acids is 1. The quantitative estimate of drug-likeness (QED) is 0.898. The molecule has 1 unspecified atom stereocenters. The highest BCUT2D eigenvalue weighted by atomic mass is 16.4. The van der Waals surface area contributed by atoms with Crippen molar-refractivity contribution in [3.05, 3.63) is 41.2 Å². The number of carbonyl (C=O) groups is 1. The molecule has 1 heterocycles. The normalized spacial score (nSPS) is 13.9. The van der Waals surface area contributed by atoms with Crippen LogP contribution in [-0.2, 0) is 16.8 Å². The summed E-state index contributed by atoms with van der Waals surface area (Å²) in [6, 6.07) is 8.02. The fourth-order valence-electron chi connectivity index (χ4n) is 1.98. The van der Waals surface area contributed by atoms with Crippen molar-refractivity contribution in [3.63, 3.8) is 0 Å². The molecule has 6 heteroatoms. The lowest BCUT2D eigenvalue weighted by atomic mass is 9.99. The minimum absolute atomic E-state index is 0.411. The molecule has 1 atom stereocenters. The molecular formula is C14H18N4O2. The minimum Gasteiger partial charge on any atom is -0.479 e. The first-order chi connectivity index (χ1) is 9.47. The van der Waals surface area contributed by atoms with E-state index in [-0.39, 0.29) is 0 Å². The molecule has 0 aliphatic rings. The molecule has 0 aliphatic heterocycles. The maximum Gasteiger partial charge on any atom is 0.331 e. The van der Waals surface area contributed by atoms with Crippen LogP contribution in [0.15, 0.2) is 24.3 Å². The average molecular weight is 274 g/mol. The minimum atomic E-state index is -1.12. The van der Waals surface area contributed by atoms with Gasteiger partial charge in [-0.25, -0.2) is 9.48 Å². The van der Waals surface area contributed by atoms with Crippen molar-refractivity contribution >= 4 is 5.97 Å². The fourth-order valence-corrected chi connectivity index (χ4v) is 1.98. The van der Waals surface area contributed by atoms with Gasteiger partial charge in [-0.05, 0) is 36.3 Å². The lowest BCUT2D eigenvalue weighted by molar-refractivity contribution is -0.147. The van der Waals surface area contributed by atoms with Gasteiger partial charge < -0.3 is 5.11 Å². The van der Waals surface area contributed by atoms with E-state index in [4.69, 9.17) is 0 Å². The summed E-state index contributed by atoms with van der Waals surface area (Å²) in [4.78, 5) is 11.5. The summed E-state index contributed by atoms with van der Waals surface area (Å²) in [5, 5.41) is 20.9. The Bertz CT molecular complexity index is 606. The van der Waals surface area contributed by atoms with Crippen molar-refractivity contribution in [2.75, 3.05) is 0 Å². The first kappa shape index (κ1) is 14.2. The van der Waals surface area contributed by atoms with E-state index in [1.165, 1.54) is 10.2 Å². The summed E-state index contributed by atoms with van der Waals surface area (Å²) >= 11 is 0. The van der Waals surface area contributed by atoms with Gasteiger partial charge in [0.1, 0.15) is 0 Å². The molecule has 20 heavy (non-hydrogen) atoms. The van der Waals surface area contributed by atoms with E-state index in [1.54, 1.807) is 6.92 Å². The molecule has 0 bridgehead atoms. The number of nitrogens with zero attached hydrogens (tertiary/aromatic N) is 4. The van der Waals surface area contributed by atoms with Gasteiger partial charge >= 0.3 is 5.97 Å². The third-order valence-electron chi connectivity index (χ3n) is 3.63. The Kier molecular flexibility index (Phi) is 3.83. The Labute approximate surface area is 117 Å². The van der Waals surface area contributed by atoms with E-state index in [9.17, 15) is 9.90 Å². The molecular weight excluding hydrogens is 256 g/mol. The smallest absolute Gasteiger partial charge is 0.331 e.